The van der Waals surface area contributed by atoms with Crippen molar-refractivity contribution in [2.75, 3.05) is 0 Å². The van der Waals surface area contributed by atoms with Gasteiger partial charge in [-0.15, -0.1) is 0 Å². The van der Waals surface area contributed by atoms with Crippen molar-refractivity contribution in [1.29, 1.82) is 0 Å². The fourth-order valence-electron chi connectivity index (χ4n) is 1.12. The molecule has 3 N–H and O–H groups in total. The average Bonchev–Trinajstić information content (AvgIpc) is 2.08. The number of alkyl carbamates (subject to hydrolysis) is 1. The number of carbonyl (C=O) groups is 2. The molecule has 0 aliphatic rings. The summed E-state index contributed by atoms with van der Waals surface area (Å²) in [4.78, 5) is 22.2. The van der Waals surface area contributed by atoms with Gasteiger partial charge in [0.25, 0.3) is 0 Å². The summed E-state index contributed by atoms with van der Waals surface area (Å²) >= 11 is 0. The predicted octanol–water partition coefficient (Wildman–Crippen LogP) is 1.13. The first-order chi connectivity index (χ1) is 7.61. The third-order valence-corrected chi connectivity index (χ3v) is 1.86. The van der Waals surface area contributed by atoms with Crippen LogP contribution in [-0.2, 0) is 9.53 Å². The quantitative estimate of drug-likeness (QED) is 0.676. The Hall–Kier alpha value is -1.30. The molecule has 0 bridgehead atoms. The van der Waals surface area contributed by atoms with Gasteiger partial charge in [0.15, 0.2) is 0 Å². The smallest absolute Gasteiger partial charge is 0.408 e. The number of hydrogen-bond acceptors (Lipinski definition) is 4. The molecule has 0 unspecified atom stereocenters. The molecule has 0 aromatic carbocycles. The van der Waals surface area contributed by atoms with E-state index >= 15 is 0 Å². The van der Waals surface area contributed by atoms with Crippen molar-refractivity contribution in [2.45, 2.75) is 58.3 Å². The van der Waals surface area contributed by atoms with Crippen molar-refractivity contribution >= 4 is 12.1 Å². The number of hydrogen-bond donors (Lipinski definition) is 3. The highest BCUT2D eigenvalue weighted by atomic mass is 16.6. The fourth-order valence-corrected chi connectivity index (χ4v) is 1.12. The predicted molar refractivity (Wildman–Crippen MR) is 61.7 cm³/mol. The van der Waals surface area contributed by atoms with E-state index in [9.17, 15) is 9.59 Å². The lowest BCUT2D eigenvalue weighted by atomic mass is 10.1. The molecular weight excluding hydrogens is 226 g/mol. The Morgan fingerprint density at radius 1 is 1.29 bits per heavy atom. The number of carboxylic acid groups (broad SMARTS) is 1. The molecule has 0 rings (SSSR count). The second-order valence-electron chi connectivity index (χ2n) is 4.96. The van der Waals surface area contributed by atoms with E-state index in [0.717, 1.165) is 0 Å². The molecule has 0 aliphatic carbocycles. The van der Waals surface area contributed by atoms with Crippen molar-refractivity contribution in [3.05, 3.63) is 0 Å². The Kier molecular flexibility index (Phi) is 5.95. The third-order valence-electron chi connectivity index (χ3n) is 1.86. The zero-order valence-electron chi connectivity index (χ0n) is 10.7. The normalized spacial score (nSPS) is 14.9. The zero-order chi connectivity index (χ0) is 13.6. The summed E-state index contributed by atoms with van der Waals surface area (Å²) in [5.74, 6) is -1.14. The zero-order valence-corrected chi connectivity index (χ0v) is 10.7. The first-order valence-electron chi connectivity index (χ1n) is 5.52. The first-order valence-corrected chi connectivity index (χ1v) is 5.52. The Bertz CT molecular complexity index is 270. The molecule has 6 nitrogen and oxygen atoms in total. The van der Waals surface area contributed by atoms with Gasteiger partial charge in [-0.2, -0.15) is 0 Å². The highest BCUT2D eigenvalue weighted by molar-refractivity contribution is 5.79. The maximum atomic E-state index is 11.4. The summed E-state index contributed by atoms with van der Waals surface area (Å²) in [6.45, 7) is 6.64. The minimum Gasteiger partial charge on any atom is -0.480 e. The minimum absolute atomic E-state index is 0.159. The van der Waals surface area contributed by atoms with Gasteiger partial charge in [0.1, 0.15) is 11.6 Å². The van der Waals surface area contributed by atoms with Gasteiger partial charge in [-0.05, 0) is 40.5 Å². The molecule has 100 valence electrons. The average molecular weight is 247 g/mol. The van der Waals surface area contributed by atoms with Crippen molar-refractivity contribution in [2.24, 2.45) is 0 Å². The Morgan fingerprint density at radius 3 is 2.18 bits per heavy atom. The topological polar surface area (TPSA) is 95.9 Å². The second-order valence-corrected chi connectivity index (χ2v) is 4.96. The number of aliphatic carboxylic acids is 1. The van der Waals surface area contributed by atoms with E-state index in [-0.39, 0.29) is 6.42 Å². The van der Waals surface area contributed by atoms with Gasteiger partial charge in [0.2, 0.25) is 0 Å². The highest BCUT2D eigenvalue weighted by Gasteiger charge is 2.23. The largest absolute Gasteiger partial charge is 0.480 e. The Labute approximate surface area is 101 Å². The highest BCUT2D eigenvalue weighted by Crippen LogP contribution is 2.08. The number of rotatable bonds is 5. The van der Waals surface area contributed by atoms with E-state index in [4.69, 9.17) is 14.9 Å². The number of aliphatic hydroxyl groups excluding tert-OH is 1. The van der Waals surface area contributed by atoms with Crippen LogP contribution in [0.2, 0.25) is 0 Å². The molecular formula is C11H21NO5. The summed E-state index contributed by atoms with van der Waals surface area (Å²) in [7, 11) is 0. The van der Waals surface area contributed by atoms with E-state index in [1.807, 2.05) is 0 Å². The number of ether oxygens (including phenoxy) is 1. The summed E-state index contributed by atoms with van der Waals surface area (Å²) < 4.78 is 4.95. The number of aliphatic hydroxyl groups is 1. The number of amides is 1. The van der Waals surface area contributed by atoms with Gasteiger partial charge in [0.05, 0.1) is 6.10 Å². The molecule has 0 saturated heterocycles. The molecule has 2 atom stereocenters. The van der Waals surface area contributed by atoms with Crippen LogP contribution in [-0.4, -0.2) is 40.0 Å². The molecule has 0 radical (unpaired) electrons. The van der Waals surface area contributed by atoms with Gasteiger partial charge in [-0.1, -0.05) is 0 Å². The van der Waals surface area contributed by atoms with E-state index in [1.165, 1.54) is 0 Å². The Morgan fingerprint density at radius 2 is 1.82 bits per heavy atom. The second kappa shape index (κ2) is 6.44. The van der Waals surface area contributed by atoms with Crippen LogP contribution >= 0.6 is 0 Å². The molecule has 0 aromatic heterocycles. The number of carbonyl (C=O) groups excluding carboxylic acids is 1. The molecule has 0 heterocycles. The van der Waals surface area contributed by atoms with E-state index < -0.39 is 29.8 Å². The summed E-state index contributed by atoms with van der Waals surface area (Å²) in [5, 5.41) is 20.2. The van der Waals surface area contributed by atoms with Crippen LogP contribution in [0.4, 0.5) is 4.79 Å². The lowest BCUT2D eigenvalue weighted by Gasteiger charge is -2.22. The molecule has 0 aromatic rings. The van der Waals surface area contributed by atoms with Crippen LogP contribution in [0.5, 0.6) is 0 Å². The van der Waals surface area contributed by atoms with Crippen LogP contribution in [0.25, 0.3) is 0 Å². The first kappa shape index (κ1) is 15.7. The summed E-state index contributed by atoms with van der Waals surface area (Å²) in [5.41, 5.74) is -0.669. The van der Waals surface area contributed by atoms with Crippen LogP contribution in [0, 0.1) is 0 Å². The molecule has 17 heavy (non-hydrogen) atoms. The van der Waals surface area contributed by atoms with Crippen LogP contribution in [0.1, 0.15) is 40.5 Å². The maximum Gasteiger partial charge on any atom is 0.408 e. The van der Waals surface area contributed by atoms with E-state index in [1.54, 1.807) is 27.7 Å². The monoisotopic (exact) mass is 247 g/mol. The fraction of sp³-hybridized carbons (Fsp3) is 0.818. The molecule has 1 amide bonds. The molecule has 6 heteroatoms. The van der Waals surface area contributed by atoms with Gasteiger partial charge < -0.3 is 20.3 Å². The number of nitrogens with one attached hydrogen (secondary N) is 1. The molecule has 0 saturated carbocycles. The maximum absolute atomic E-state index is 11.4. The molecule has 0 spiro atoms. The summed E-state index contributed by atoms with van der Waals surface area (Å²) in [6, 6.07) is -1.04. The van der Waals surface area contributed by atoms with Crippen molar-refractivity contribution in [3.63, 3.8) is 0 Å². The van der Waals surface area contributed by atoms with Gasteiger partial charge in [-0.3, -0.25) is 0 Å². The third kappa shape index (κ3) is 8.50. The van der Waals surface area contributed by atoms with Crippen molar-refractivity contribution in [3.8, 4) is 0 Å². The van der Waals surface area contributed by atoms with Gasteiger partial charge >= 0.3 is 12.1 Å². The van der Waals surface area contributed by atoms with Gasteiger partial charge in [-0.25, -0.2) is 9.59 Å². The lowest BCUT2D eigenvalue weighted by molar-refractivity contribution is -0.139. The van der Waals surface area contributed by atoms with Crippen molar-refractivity contribution in [1.82, 2.24) is 5.32 Å². The van der Waals surface area contributed by atoms with Crippen LogP contribution in [0.15, 0.2) is 0 Å². The van der Waals surface area contributed by atoms with Crippen LogP contribution < -0.4 is 5.32 Å². The van der Waals surface area contributed by atoms with Crippen LogP contribution in [0.3, 0.4) is 0 Å². The van der Waals surface area contributed by atoms with Gasteiger partial charge in [0, 0.05) is 0 Å². The SMILES string of the molecule is C[C@H](O)CC[C@H](NC(=O)OC(C)(C)C)C(=O)O. The number of carboxylic acids is 1. The molecule has 0 aliphatic heterocycles. The Balaban J connectivity index is 4.26. The standard InChI is InChI=1S/C11H21NO5/c1-7(13)5-6-8(9(14)15)12-10(16)17-11(2,3)4/h7-8,13H,5-6H2,1-4H3,(H,12,16)(H,14,15)/t7-,8-/m0/s1. The minimum atomic E-state index is -1.14. The summed E-state index contributed by atoms with van der Waals surface area (Å²) in [6.07, 6.45) is -0.910. The molecule has 0 fully saturated rings. The lowest BCUT2D eigenvalue weighted by Crippen LogP contribution is -2.43. The van der Waals surface area contributed by atoms with E-state index in [0.29, 0.717) is 6.42 Å². The van der Waals surface area contributed by atoms with E-state index in [2.05, 4.69) is 5.32 Å². The van der Waals surface area contributed by atoms with Crippen molar-refractivity contribution < 1.29 is 24.5 Å².